The summed E-state index contributed by atoms with van der Waals surface area (Å²) in [6, 6.07) is 13.5. The van der Waals surface area contributed by atoms with Crippen LogP contribution < -0.4 is 24.8 Å². The Bertz CT molecular complexity index is 1300. The number of aromatic amines is 1. The molecule has 0 aliphatic carbocycles. The minimum atomic E-state index is -0.680. The van der Waals surface area contributed by atoms with Gasteiger partial charge in [-0.05, 0) is 49.2 Å². The minimum absolute atomic E-state index is 0.150. The number of hydrogen-bond donors (Lipinski definition) is 1. The molecule has 1 N–H and O–H groups in total. The van der Waals surface area contributed by atoms with E-state index in [0.29, 0.717) is 27.9 Å². The number of fused-ring (bicyclic) bond motifs is 3. The van der Waals surface area contributed by atoms with Crippen LogP contribution >= 0.6 is 11.8 Å². The Labute approximate surface area is 216 Å². The second kappa shape index (κ2) is 11.2. The molecule has 36 heavy (non-hydrogen) atoms. The number of methoxy groups -OCH3 is 1. The lowest BCUT2D eigenvalue weighted by Crippen LogP contribution is -2.60. The van der Waals surface area contributed by atoms with E-state index in [0.717, 1.165) is 42.9 Å². The fourth-order valence-corrected chi connectivity index (χ4v) is 5.61. The molecule has 0 fully saturated rings. The van der Waals surface area contributed by atoms with Crippen LogP contribution in [0.5, 0.6) is 5.75 Å². The van der Waals surface area contributed by atoms with Crippen molar-refractivity contribution in [2.24, 2.45) is 0 Å². The van der Waals surface area contributed by atoms with Crippen molar-refractivity contribution in [2.75, 3.05) is 35.8 Å². The molecule has 0 radical (unpaired) electrons. The Hall–Kier alpha value is -3.33. The van der Waals surface area contributed by atoms with E-state index in [2.05, 4.69) is 30.7 Å². The molecule has 0 spiro atoms. The van der Waals surface area contributed by atoms with E-state index in [9.17, 15) is 9.59 Å². The first kappa shape index (κ1) is 25.8. The van der Waals surface area contributed by atoms with E-state index in [1.807, 2.05) is 42.5 Å². The maximum atomic E-state index is 13.4. The Morgan fingerprint density at radius 3 is 2.61 bits per heavy atom. The van der Waals surface area contributed by atoms with Crippen LogP contribution in [0.15, 0.2) is 52.4 Å². The first-order valence-electron chi connectivity index (χ1n) is 12.5. The first-order valence-corrected chi connectivity index (χ1v) is 13.4. The maximum Gasteiger partial charge on any atom is 0.325 e. The predicted molar refractivity (Wildman–Crippen MR) is 144 cm³/mol. The number of carbonyl (C=O) groups excluding carboxylic acids is 1. The zero-order chi connectivity index (χ0) is 25.8. The molecule has 8 nitrogen and oxygen atoms in total. The average Bonchev–Trinajstić information content (AvgIpc) is 2.88. The number of aromatic nitrogens is 3. The Morgan fingerprint density at radius 1 is 1.19 bits per heavy atom. The molecule has 3 aromatic rings. The van der Waals surface area contributed by atoms with Crippen LogP contribution in [0.3, 0.4) is 0 Å². The molecule has 4 rings (SSSR count). The zero-order valence-corrected chi connectivity index (χ0v) is 22.4. The number of thioether (sulfide) groups is 1. The van der Waals surface area contributed by atoms with Crippen molar-refractivity contribution in [2.45, 2.75) is 51.9 Å². The molecule has 1 amide bonds. The normalized spacial score (nSPS) is 14.2. The average molecular weight is 509 g/mol. The Balaban J connectivity index is 1.97. The van der Waals surface area contributed by atoms with Crippen LogP contribution in [0.2, 0.25) is 0 Å². The summed E-state index contributed by atoms with van der Waals surface area (Å²) >= 11 is 1.51. The fourth-order valence-electron chi connectivity index (χ4n) is 4.67. The summed E-state index contributed by atoms with van der Waals surface area (Å²) in [6.45, 7) is 9.61. The van der Waals surface area contributed by atoms with E-state index in [4.69, 9.17) is 9.84 Å². The van der Waals surface area contributed by atoms with Gasteiger partial charge in [0.2, 0.25) is 11.1 Å². The summed E-state index contributed by atoms with van der Waals surface area (Å²) in [5, 5.41) is 5.40. The molecule has 190 valence electrons. The number of amides is 1. The summed E-state index contributed by atoms with van der Waals surface area (Å²) in [7, 11) is 1.63. The lowest BCUT2D eigenvalue weighted by molar-refractivity contribution is -0.763. The van der Waals surface area contributed by atoms with Gasteiger partial charge in [-0.15, -0.1) is 0 Å². The molecule has 0 saturated heterocycles. The molecular weight excluding hydrogens is 474 g/mol. The molecule has 2 aromatic carbocycles. The van der Waals surface area contributed by atoms with Crippen molar-refractivity contribution >= 4 is 29.0 Å². The third kappa shape index (κ3) is 4.72. The van der Waals surface area contributed by atoms with Crippen molar-refractivity contribution in [1.82, 2.24) is 10.1 Å². The van der Waals surface area contributed by atoms with E-state index in [-0.39, 0.29) is 11.5 Å². The van der Waals surface area contributed by atoms with Crippen LogP contribution in [-0.4, -0.2) is 41.9 Å². The predicted octanol–water partition coefficient (Wildman–Crippen LogP) is 4.38. The molecule has 0 saturated carbocycles. The maximum absolute atomic E-state index is 13.4. The Kier molecular flexibility index (Phi) is 7.98. The number of ether oxygens (including phenoxy) is 1. The van der Waals surface area contributed by atoms with E-state index >= 15 is 0 Å². The summed E-state index contributed by atoms with van der Waals surface area (Å²) in [5.41, 5.74) is 3.31. The van der Waals surface area contributed by atoms with Crippen molar-refractivity contribution in [3.63, 3.8) is 0 Å². The minimum Gasteiger partial charge on any atom is -0.496 e. The van der Waals surface area contributed by atoms with E-state index in [1.54, 1.807) is 16.7 Å². The van der Waals surface area contributed by atoms with Crippen molar-refractivity contribution in [3.05, 3.63) is 58.4 Å². The van der Waals surface area contributed by atoms with Crippen LogP contribution in [0.25, 0.3) is 11.3 Å². The number of nitrogens with one attached hydrogen (secondary N) is 1. The zero-order valence-electron chi connectivity index (χ0n) is 21.6. The highest BCUT2D eigenvalue weighted by atomic mass is 32.2. The Morgan fingerprint density at radius 2 is 1.94 bits per heavy atom. The summed E-state index contributed by atoms with van der Waals surface area (Å²) < 4.78 is 7.54. The largest absolute Gasteiger partial charge is 0.496 e. The lowest BCUT2D eigenvalue weighted by atomic mass is 10.0. The SMILES string of the molecule is CCCCSc1n[n+]2c(c(=O)[nH]1)-c1ccccc1N(C(C)=O)C2c1ccc(N(CC)CC)cc1OC. The highest BCUT2D eigenvalue weighted by Crippen LogP contribution is 2.40. The molecule has 1 aliphatic rings. The van der Waals surface area contributed by atoms with Gasteiger partial charge in [-0.25, -0.2) is 4.90 Å². The quantitative estimate of drug-likeness (QED) is 0.262. The molecule has 2 heterocycles. The van der Waals surface area contributed by atoms with Gasteiger partial charge in [-0.2, -0.15) is 0 Å². The van der Waals surface area contributed by atoms with Gasteiger partial charge in [-0.1, -0.05) is 37.2 Å². The monoisotopic (exact) mass is 508 g/mol. The number of benzene rings is 2. The van der Waals surface area contributed by atoms with Crippen molar-refractivity contribution < 1.29 is 14.2 Å². The van der Waals surface area contributed by atoms with E-state index in [1.165, 1.54) is 18.7 Å². The van der Waals surface area contributed by atoms with Crippen LogP contribution in [0.1, 0.15) is 52.3 Å². The molecule has 1 aliphatic heterocycles. The standard InChI is InChI=1S/C27H33N5O3S/c1-6-9-16-36-27-28-25(34)24-20-12-10-11-13-22(20)31(18(4)33)26(32(24)29-27)21-15-14-19(17-23(21)35-5)30(7-2)8-3/h10-15,17,26H,6-9,16H2,1-5H3/p+1. The van der Waals surface area contributed by atoms with Crippen molar-refractivity contribution in [3.8, 4) is 17.0 Å². The molecule has 1 atom stereocenters. The van der Waals surface area contributed by atoms with Crippen LogP contribution in [0, 0.1) is 0 Å². The summed E-state index contributed by atoms with van der Waals surface area (Å²) in [5.74, 6) is 1.33. The topological polar surface area (TPSA) is 82.4 Å². The number of anilines is 2. The first-order chi connectivity index (χ1) is 17.4. The molecule has 1 aromatic heterocycles. The molecule has 0 bridgehead atoms. The van der Waals surface area contributed by atoms with Gasteiger partial charge in [0, 0.05) is 42.6 Å². The number of H-pyrrole nitrogens is 1. The number of para-hydroxylation sites is 1. The van der Waals surface area contributed by atoms with Crippen LogP contribution in [-0.2, 0) is 4.79 Å². The van der Waals surface area contributed by atoms with Gasteiger partial charge in [0.15, 0.2) is 0 Å². The van der Waals surface area contributed by atoms with Gasteiger partial charge >= 0.3 is 11.3 Å². The van der Waals surface area contributed by atoms with Gasteiger partial charge in [0.25, 0.3) is 6.17 Å². The number of rotatable bonds is 9. The molecule has 9 heteroatoms. The number of hydrogen-bond acceptors (Lipinski definition) is 6. The third-order valence-electron chi connectivity index (χ3n) is 6.46. The summed E-state index contributed by atoms with van der Waals surface area (Å²) in [6.07, 6.45) is 1.39. The third-order valence-corrected chi connectivity index (χ3v) is 7.41. The second-order valence-corrected chi connectivity index (χ2v) is 9.72. The highest BCUT2D eigenvalue weighted by molar-refractivity contribution is 7.99. The van der Waals surface area contributed by atoms with E-state index < -0.39 is 6.17 Å². The van der Waals surface area contributed by atoms with Gasteiger partial charge < -0.3 is 9.64 Å². The number of unbranched alkanes of at least 4 members (excludes halogenated alkanes) is 1. The molecular formula is C27H34N5O3S+. The fraction of sp³-hybridized carbons (Fsp3) is 0.407. The lowest BCUT2D eigenvalue weighted by Gasteiger charge is -2.32. The molecule has 1 unspecified atom stereocenters. The summed E-state index contributed by atoms with van der Waals surface area (Å²) in [4.78, 5) is 33.5. The van der Waals surface area contributed by atoms with Gasteiger partial charge in [0.05, 0.1) is 23.9 Å². The van der Waals surface area contributed by atoms with Crippen LogP contribution in [0.4, 0.5) is 11.4 Å². The van der Waals surface area contributed by atoms with Crippen molar-refractivity contribution in [1.29, 1.82) is 0 Å². The highest BCUT2D eigenvalue weighted by Gasteiger charge is 2.46. The smallest absolute Gasteiger partial charge is 0.325 e. The number of carbonyl (C=O) groups is 1. The van der Waals surface area contributed by atoms with Gasteiger partial charge in [-0.3, -0.25) is 14.6 Å². The second-order valence-electron chi connectivity index (χ2n) is 8.63. The number of nitrogens with zero attached hydrogens (tertiary/aromatic N) is 4. The van der Waals surface area contributed by atoms with Gasteiger partial charge in [0.1, 0.15) is 5.75 Å².